The Hall–Kier alpha value is -2.69. The molecule has 26 heavy (non-hydrogen) atoms. The van der Waals surface area contributed by atoms with Gasteiger partial charge >= 0.3 is 0 Å². The quantitative estimate of drug-likeness (QED) is 0.830. The molecule has 0 aliphatic carbocycles. The molecular weight excluding hydrogens is 331 g/mol. The van der Waals surface area contributed by atoms with Gasteiger partial charge in [-0.15, -0.1) is 0 Å². The van der Waals surface area contributed by atoms with Gasteiger partial charge in [-0.25, -0.2) is 4.39 Å². The fourth-order valence-corrected chi connectivity index (χ4v) is 3.59. The molecule has 1 spiro atoms. The first-order valence-corrected chi connectivity index (χ1v) is 8.90. The summed E-state index contributed by atoms with van der Waals surface area (Å²) in [6.07, 6.45) is 7.50. The number of carbonyl (C=O) groups is 1. The zero-order valence-electron chi connectivity index (χ0n) is 14.7. The Morgan fingerprint density at radius 3 is 2.85 bits per heavy atom. The van der Waals surface area contributed by atoms with Crippen LogP contribution in [0.1, 0.15) is 29.7 Å². The van der Waals surface area contributed by atoms with E-state index in [1.54, 1.807) is 12.3 Å². The van der Waals surface area contributed by atoms with E-state index in [4.69, 9.17) is 4.74 Å². The summed E-state index contributed by atoms with van der Waals surface area (Å²) in [4.78, 5) is 18.7. The molecule has 1 saturated heterocycles. The number of halogens is 1. The summed E-state index contributed by atoms with van der Waals surface area (Å²) >= 11 is 0. The molecule has 4 nitrogen and oxygen atoms in total. The van der Waals surface area contributed by atoms with E-state index >= 15 is 0 Å². The first kappa shape index (κ1) is 16.8. The van der Waals surface area contributed by atoms with E-state index < -0.39 is 5.60 Å². The van der Waals surface area contributed by atoms with E-state index in [0.29, 0.717) is 38.1 Å². The number of ether oxygens (including phenoxy) is 1. The molecule has 134 valence electrons. The van der Waals surface area contributed by atoms with Gasteiger partial charge in [0.05, 0.1) is 6.42 Å². The minimum Gasteiger partial charge on any atom is -0.482 e. The van der Waals surface area contributed by atoms with Crippen LogP contribution >= 0.6 is 0 Å². The maximum Gasteiger partial charge on any atom is 0.228 e. The Kier molecular flexibility index (Phi) is 4.23. The van der Waals surface area contributed by atoms with E-state index in [-0.39, 0.29) is 11.7 Å². The lowest BCUT2D eigenvalue weighted by atomic mass is 9.88. The van der Waals surface area contributed by atoms with Gasteiger partial charge in [0, 0.05) is 49.5 Å². The standard InChI is InChI=1S/C21H21FN2O2/c1-15-5-9-23-18(12-15)14-20(25)24-10-7-21(8-11-24)6-4-16-2-3-17(22)13-19(16)26-21/h2-6,9,12-13H,7-8,10-11,14H2,1H3. The molecule has 4 rings (SSSR count). The molecule has 0 unspecified atom stereocenters. The van der Waals surface area contributed by atoms with Crippen LogP contribution in [0.15, 0.2) is 42.6 Å². The summed E-state index contributed by atoms with van der Waals surface area (Å²) in [5.41, 5.74) is 2.35. The summed E-state index contributed by atoms with van der Waals surface area (Å²) in [7, 11) is 0. The van der Waals surface area contributed by atoms with Crippen molar-refractivity contribution in [2.75, 3.05) is 13.1 Å². The molecule has 1 aromatic carbocycles. The van der Waals surface area contributed by atoms with Crippen molar-refractivity contribution in [2.45, 2.75) is 31.8 Å². The smallest absolute Gasteiger partial charge is 0.228 e. The van der Waals surface area contributed by atoms with Crippen molar-refractivity contribution in [1.29, 1.82) is 0 Å². The van der Waals surface area contributed by atoms with Gasteiger partial charge in [-0.2, -0.15) is 0 Å². The number of likely N-dealkylation sites (tertiary alicyclic amines) is 1. The Bertz CT molecular complexity index is 870. The Balaban J connectivity index is 1.40. The summed E-state index contributed by atoms with van der Waals surface area (Å²) in [5.74, 6) is 0.368. The summed E-state index contributed by atoms with van der Waals surface area (Å²) in [5, 5.41) is 0. The van der Waals surface area contributed by atoms with Crippen LogP contribution in [-0.4, -0.2) is 34.5 Å². The fraction of sp³-hybridized carbons (Fsp3) is 0.333. The molecule has 0 N–H and O–H groups in total. The third-order valence-corrected chi connectivity index (χ3v) is 5.12. The Morgan fingerprint density at radius 2 is 2.08 bits per heavy atom. The fourth-order valence-electron chi connectivity index (χ4n) is 3.59. The number of rotatable bonds is 2. The molecule has 2 aliphatic heterocycles. The molecule has 0 atom stereocenters. The summed E-state index contributed by atoms with van der Waals surface area (Å²) in [6.45, 7) is 3.24. The van der Waals surface area contributed by atoms with E-state index in [9.17, 15) is 9.18 Å². The van der Waals surface area contributed by atoms with Gasteiger partial charge in [0.25, 0.3) is 0 Å². The molecule has 0 bridgehead atoms. The second-order valence-electron chi connectivity index (χ2n) is 7.06. The van der Waals surface area contributed by atoms with Crippen LogP contribution in [0.3, 0.4) is 0 Å². The highest BCUT2D eigenvalue weighted by molar-refractivity contribution is 5.78. The zero-order valence-corrected chi connectivity index (χ0v) is 14.7. The number of amides is 1. The Labute approximate surface area is 152 Å². The van der Waals surface area contributed by atoms with Crippen molar-refractivity contribution in [3.05, 3.63) is 65.2 Å². The second-order valence-corrected chi connectivity index (χ2v) is 7.06. The number of carbonyl (C=O) groups excluding carboxylic acids is 1. The minimum absolute atomic E-state index is 0.0872. The first-order chi connectivity index (χ1) is 12.5. The number of nitrogens with zero attached hydrogens (tertiary/aromatic N) is 2. The second kappa shape index (κ2) is 6.56. The number of fused-ring (bicyclic) bond motifs is 1. The van der Waals surface area contributed by atoms with Gasteiger partial charge in [0.1, 0.15) is 17.2 Å². The molecule has 0 radical (unpaired) electrons. The number of benzene rings is 1. The van der Waals surface area contributed by atoms with Crippen LogP contribution in [0.25, 0.3) is 6.08 Å². The lowest BCUT2D eigenvalue weighted by Gasteiger charge is -2.42. The van der Waals surface area contributed by atoms with Gasteiger partial charge in [-0.3, -0.25) is 9.78 Å². The lowest BCUT2D eigenvalue weighted by Crippen LogP contribution is -2.49. The average Bonchev–Trinajstić information content (AvgIpc) is 2.62. The largest absolute Gasteiger partial charge is 0.482 e. The van der Waals surface area contributed by atoms with Crippen molar-refractivity contribution in [3.8, 4) is 5.75 Å². The van der Waals surface area contributed by atoms with Crippen LogP contribution < -0.4 is 4.74 Å². The van der Waals surface area contributed by atoms with E-state index in [1.165, 1.54) is 12.1 Å². The number of aromatic nitrogens is 1. The molecule has 5 heteroatoms. The molecule has 0 saturated carbocycles. The minimum atomic E-state index is -0.445. The predicted octanol–water partition coefficient (Wildman–Crippen LogP) is 3.54. The maximum atomic E-state index is 13.5. The molecular formula is C21H21FN2O2. The Morgan fingerprint density at radius 1 is 1.27 bits per heavy atom. The van der Waals surface area contributed by atoms with Crippen LogP contribution in [-0.2, 0) is 11.2 Å². The average molecular weight is 352 g/mol. The van der Waals surface area contributed by atoms with Crippen molar-refractivity contribution < 1.29 is 13.9 Å². The highest BCUT2D eigenvalue weighted by atomic mass is 19.1. The van der Waals surface area contributed by atoms with Gasteiger partial charge in [0.2, 0.25) is 5.91 Å². The predicted molar refractivity (Wildman–Crippen MR) is 97.3 cm³/mol. The summed E-state index contributed by atoms with van der Waals surface area (Å²) < 4.78 is 19.6. The third kappa shape index (κ3) is 3.34. The van der Waals surface area contributed by atoms with Gasteiger partial charge in [-0.1, -0.05) is 6.08 Å². The van der Waals surface area contributed by atoms with Crippen LogP contribution in [0.4, 0.5) is 4.39 Å². The van der Waals surface area contributed by atoms with Gasteiger partial charge in [-0.05, 0) is 42.8 Å². The number of piperidine rings is 1. The van der Waals surface area contributed by atoms with Gasteiger partial charge in [0.15, 0.2) is 0 Å². The lowest BCUT2D eigenvalue weighted by molar-refractivity contribution is -0.133. The van der Waals surface area contributed by atoms with Crippen molar-refractivity contribution in [2.24, 2.45) is 0 Å². The first-order valence-electron chi connectivity index (χ1n) is 8.90. The molecule has 1 amide bonds. The SMILES string of the molecule is Cc1ccnc(CC(=O)N2CCC3(C=Cc4ccc(F)cc4O3)CC2)c1. The molecule has 2 aromatic rings. The highest BCUT2D eigenvalue weighted by Gasteiger charge is 2.37. The molecule has 1 fully saturated rings. The topological polar surface area (TPSA) is 42.4 Å². The zero-order chi connectivity index (χ0) is 18.1. The molecule has 3 heterocycles. The van der Waals surface area contributed by atoms with E-state index in [0.717, 1.165) is 16.8 Å². The van der Waals surface area contributed by atoms with Crippen molar-refractivity contribution in [1.82, 2.24) is 9.88 Å². The van der Waals surface area contributed by atoms with Crippen LogP contribution in [0.2, 0.25) is 0 Å². The van der Waals surface area contributed by atoms with E-state index in [2.05, 4.69) is 11.1 Å². The van der Waals surface area contributed by atoms with Crippen LogP contribution in [0, 0.1) is 12.7 Å². The van der Waals surface area contributed by atoms with Crippen molar-refractivity contribution in [3.63, 3.8) is 0 Å². The maximum absolute atomic E-state index is 13.5. The van der Waals surface area contributed by atoms with E-state index in [1.807, 2.05) is 30.0 Å². The van der Waals surface area contributed by atoms with Crippen molar-refractivity contribution >= 4 is 12.0 Å². The number of aryl methyl sites for hydroxylation is 1. The third-order valence-electron chi connectivity index (χ3n) is 5.12. The number of hydrogen-bond acceptors (Lipinski definition) is 3. The summed E-state index contributed by atoms with van der Waals surface area (Å²) in [6, 6.07) is 8.46. The molecule has 1 aromatic heterocycles. The van der Waals surface area contributed by atoms with Crippen LogP contribution in [0.5, 0.6) is 5.75 Å². The molecule has 2 aliphatic rings. The monoisotopic (exact) mass is 352 g/mol. The van der Waals surface area contributed by atoms with Gasteiger partial charge < -0.3 is 9.64 Å². The highest BCUT2D eigenvalue weighted by Crippen LogP contribution is 2.37. The number of hydrogen-bond donors (Lipinski definition) is 0. The number of pyridine rings is 1. The normalized spacial score (nSPS) is 17.7.